The molecule has 0 aliphatic rings. The van der Waals surface area contributed by atoms with E-state index in [1.54, 1.807) is 0 Å². The highest BCUT2D eigenvalue weighted by Crippen LogP contribution is 2.23. The first-order valence-corrected chi connectivity index (χ1v) is 6.38. The van der Waals surface area contributed by atoms with Crippen molar-refractivity contribution in [3.63, 3.8) is 0 Å². The first kappa shape index (κ1) is 12.8. The highest BCUT2D eigenvalue weighted by Gasteiger charge is 2.21. The monoisotopic (exact) mass is 244 g/mol. The van der Waals surface area contributed by atoms with Crippen LogP contribution in [0.25, 0.3) is 5.69 Å². The fraction of sp³-hybridized carbons (Fsp3) is 0.429. The third-order valence-corrected chi connectivity index (χ3v) is 3.42. The Morgan fingerprint density at radius 2 is 1.89 bits per heavy atom. The van der Waals surface area contributed by atoms with Gasteiger partial charge in [0.15, 0.2) is 5.82 Å². The molecule has 0 fully saturated rings. The number of para-hydroxylation sites is 1. The Kier molecular flexibility index (Phi) is 3.77. The summed E-state index contributed by atoms with van der Waals surface area (Å²) in [5, 5.41) is 8.41. The lowest BCUT2D eigenvalue weighted by Gasteiger charge is -2.19. The van der Waals surface area contributed by atoms with Gasteiger partial charge in [-0.05, 0) is 25.0 Å². The fourth-order valence-electron chi connectivity index (χ4n) is 2.00. The minimum atomic E-state index is -0.0867. The quantitative estimate of drug-likeness (QED) is 0.899. The third kappa shape index (κ3) is 2.29. The average molecular weight is 244 g/mol. The van der Waals surface area contributed by atoms with Crippen LogP contribution in [0.5, 0.6) is 0 Å². The normalized spacial score (nSPS) is 14.4. The van der Waals surface area contributed by atoms with Gasteiger partial charge in [0.1, 0.15) is 5.82 Å². The van der Waals surface area contributed by atoms with Gasteiger partial charge in [0.25, 0.3) is 0 Å². The average Bonchev–Trinajstić information content (AvgIpc) is 2.79. The minimum absolute atomic E-state index is 0.0867. The maximum atomic E-state index is 6.28. The lowest BCUT2D eigenvalue weighted by molar-refractivity contribution is 0.433. The van der Waals surface area contributed by atoms with Crippen LogP contribution in [0.4, 0.5) is 0 Å². The fourth-order valence-corrected chi connectivity index (χ4v) is 2.00. The molecule has 1 aromatic carbocycles. The van der Waals surface area contributed by atoms with Gasteiger partial charge in [0.05, 0.1) is 6.04 Å². The number of aryl methyl sites for hydroxylation is 1. The molecule has 0 amide bonds. The number of nitrogens with zero attached hydrogens (tertiary/aromatic N) is 3. The summed E-state index contributed by atoms with van der Waals surface area (Å²) in [6.45, 7) is 6.23. The van der Waals surface area contributed by atoms with Gasteiger partial charge in [0, 0.05) is 5.69 Å². The van der Waals surface area contributed by atoms with Crippen molar-refractivity contribution in [2.24, 2.45) is 11.7 Å². The van der Waals surface area contributed by atoms with E-state index >= 15 is 0 Å². The standard InChI is InChI=1S/C14H20N4/c1-4-10(2)13(15)14-17-16-11(3)18(14)12-8-6-5-7-9-12/h5-10,13H,4,15H2,1-3H3/t10?,13-/m0/s1. The van der Waals surface area contributed by atoms with E-state index in [-0.39, 0.29) is 6.04 Å². The maximum absolute atomic E-state index is 6.28. The second-order valence-electron chi connectivity index (χ2n) is 4.69. The van der Waals surface area contributed by atoms with E-state index in [9.17, 15) is 0 Å². The maximum Gasteiger partial charge on any atom is 0.154 e. The van der Waals surface area contributed by atoms with Gasteiger partial charge >= 0.3 is 0 Å². The molecule has 4 heteroatoms. The van der Waals surface area contributed by atoms with Crippen molar-refractivity contribution in [3.8, 4) is 5.69 Å². The zero-order valence-electron chi connectivity index (χ0n) is 11.2. The number of aromatic nitrogens is 3. The summed E-state index contributed by atoms with van der Waals surface area (Å²) in [6.07, 6.45) is 1.03. The number of hydrogen-bond donors (Lipinski definition) is 1. The van der Waals surface area contributed by atoms with Crippen molar-refractivity contribution in [3.05, 3.63) is 42.0 Å². The van der Waals surface area contributed by atoms with Crippen LogP contribution in [0.2, 0.25) is 0 Å². The first-order chi connectivity index (χ1) is 8.65. The summed E-state index contributed by atoms with van der Waals surface area (Å²) >= 11 is 0. The molecule has 0 spiro atoms. The molecule has 0 saturated heterocycles. The van der Waals surface area contributed by atoms with Gasteiger partial charge in [-0.1, -0.05) is 38.5 Å². The summed E-state index contributed by atoms with van der Waals surface area (Å²) in [7, 11) is 0. The second kappa shape index (κ2) is 5.31. The van der Waals surface area contributed by atoms with E-state index < -0.39 is 0 Å². The predicted molar refractivity (Wildman–Crippen MR) is 72.5 cm³/mol. The molecule has 1 heterocycles. The first-order valence-electron chi connectivity index (χ1n) is 6.38. The minimum Gasteiger partial charge on any atom is -0.321 e. The Balaban J connectivity index is 2.45. The Bertz CT molecular complexity index is 504. The van der Waals surface area contributed by atoms with Crippen LogP contribution in [0.15, 0.2) is 30.3 Å². The molecule has 0 aliphatic heterocycles. The molecule has 0 aliphatic carbocycles. The number of rotatable bonds is 4. The number of hydrogen-bond acceptors (Lipinski definition) is 3. The molecule has 96 valence electrons. The van der Waals surface area contributed by atoms with Gasteiger partial charge in [-0.25, -0.2) is 0 Å². The SMILES string of the molecule is CCC(C)[C@H](N)c1nnc(C)n1-c1ccccc1. The summed E-state index contributed by atoms with van der Waals surface area (Å²) in [5.41, 5.74) is 7.34. The topological polar surface area (TPSA) is 56.7 Å². The van der Waals surface area contributed by atoms with E-state index in [1.807, 2.05) is 41.8 Å². The molecular formula is C14H20N4. The lowest BCUT2D eigenvalue weighted by atomic mass is 9.99. The molecule has 2 rings (SSSR count). The molecule has 4 nitrogen and oxygen atoms in total. The van der Waals surface area contributed by atoms with Crippen molar-refractivity contribution in [2.45, 2.75) is 33.2 Å². The molecule has 0 saturated carbocycles. The smallest absolute Gasteiger partial charge is 0.154 e. The highest BCUT2D eigenvalue weighted by molar-refractivity contribution is 5.34. The van der Waals surface area contributed by atoms with Crippen molar-refractivity contribution < 1.29 is 0 Å². The van der Waals surface area contributed by atoms with Crippen molar-refractivity contribution in [2.75, 3.05) is 0 Å². The molecule has 2 N–H and O–H groups in total. The van der Waals surface area contributed by atoms with Crippen LogP contribution in [0, 0.1) is 12.8 Å². The van der Waals surface area contributed by atoms with E-state index in [2.05, 4.69) is 24.0 Å². The van der Waals surface area contributed by atoms with Crippen LogP contribution in [-0.2, 0) is 0 Å². The Hall–Kier alpha value is -1.68. The Labute approximate surface area is 108 Å². The lowest BCUT2D eigenvalue weighted by Crippen LogP contribution is -2.22. The van der Waals surface area contributed by atoms with E-state index in [1.165, 1.54) is 0 Å². The van der Waals surface area contributed by atoms with Crippen molar-refractivity contribution >= 4 is 0 Å². The summed E-state index contributed by atoms with van der Waals surface area (Å²) in [4.78, 5) is 0. The van der Waals surface area contributed by atoms with Crippen LogP contribution in [-0.4, -0.2) is 14.8 Å². The second-order valence-corrected chi connectivity index (χ2v) is 4.69. The molecular weight excluding hydrogens is 224 g/mol. The Morgan fingerprint density at radius 1 is 1.22 bits per heavy atom. The van der Waals surface area contributed by atoms with Crippen LogP contribution < -0.4 is 5.73 Å². The van der Waals surface area contributed by atoms with Crippen LogP contribution in [0.3, 0.4) is 0 Å². The van der Waals surface area contributed by atoms with E-state index in [4.69, 9.17) is 5.73 Å². The molecule has 2 aromatic rings. The van der Waals surface area contributed by atoms with E-state index in [0.717, 1.165) is 23.8 Å². The van der Waals surface area contributed by atoms with Gasteiger partial charge in [0.2, 0.25) is 0 Å². The van der Waals surface area contributed by atoms with Gasteiger partial charge in [-0.2, -0.15) is 0 Å². The molecule has 1 unspecified atom stereocenters. The van der Waals surface area contributed by atoms with Crippen molar-refractivity contribution in [1.82, 2.24) is 14.8 Å². The van der Waals surface area contributed by atoms with Crippen LogP contribution in [0.1, 0.15) is 38.0 Å². The predicted octanol–water partition coefficient (Wildman–Crippen LogP) is 2.62. The van der Waals surface area contributed by atoms with E-state index in [0.29, 0.717) is 5.92 Å². The zero-order chi connectivity index (χ0) is 13.1. The molecule has 18 heavy (non-hydrogen) atoms. The van der Waals surface area contributed by atoms with Crippen LogP contribution >= 0.6 is 0 Å². The van der Waals surface area contributed by atoms with Gasteiger partial charge in [-0.3, -0.25) is 4.57 Å². The summed E-state index contributed by atoms with van der Waals surface area (Å²) in [5.74, 6) is 2.10. The van der Waals surface area contributed by atoms with Gasteiger partial charge in [-0.15, -0.1) is 10.2 Å². The molecule has 1 aromatic heterocycles. The zero-order valence-corrected chi connectivity index (χ0v) is 11.2. The Morgan fingerprint density at radius 3 is 2.50 bits per heavy atom. The van der Waals surface area contributed by atoms with Crippen molar-refractivity contribution in [1.29, 1.82) is 0 Å². The molecule has 0 radical (unpaired) electrons. The highest BCUT2D eigenvalue weighted by atomic mass is 15.3. The summed E-state index contributed by atoms with van der Waals surface area (Å²) < 4.78 is 2.04. The summed E-state index contributed by atoms with van der Waals surface area (Å²) in [6, 6.07) is 10.0. The van der Waals surface area contributed by atoms with Gasteiger partial charge < -0.3 is 5.73 Å². The number of nitrogens with two attached hydrogens (primary N) is 1. The largest absolute Gasteiger partial charge is 0.321 e. The molecule has 2 atom stereocenters. The third-order valence-electron chi connectivity index (χ3n) is 3.42. The molecule has 0 bridgehead atoms. The number of benzene rings is 1.